The van der Waals surface area contributed by atoms with Crippen LogP contribution in [0.3, 0.4) is 0 Å². The molecule has 0 aliphatic rings. The van der Waals surface area contributed by atoms with Gasteiger partial charge in [-0.25, -0.2) is 17.9 Å². The molecule has 32 heavy (non-hydrogen) atoms. The molecule has 0 aliphatic carbocycles. The number of aryl methyl sites for hydroxylation is 1. The largest absolute Gasteiger partial charge is 0.465 e. The summed E-state index contributed by atoms with van der Waals surface area (Å²) in [5.41, 5.74) is 0.875. The fraction of sp³-hybridized carbons (Fsp3) is 0.174. The number of ether oxygens (including phenoxy) is 2. The van der Waals surface area contributed by atoms with Crippen LogP contribution in [0.5, 0.6) is 11.5 Å². The van der Waals surface area contributed by atoms with E-state index in [0.29, 0.717) is 27.8 Å². The number of esters is 1. The average Bonchev–Trinajstić information content (AvgIpc) is 2.79. The topological polar surface area (TPSA) is 81.7 Å². The SMILES string of the molecule is COC(=O)c1cc(S(=O)(=O)NCCSc2ccc(Oc3ccc(Cl)cc3)cc2)ccc1C. The minimum Gasteiger partial charge on any atom is -0.465 e. The Balaban J connectivity index is 1.52. The van der Waals surface area contributed by atoms with Gasteiger partial charge in [-0.3, -0.25) is 0 Å². The van der Waals surface area contributed by atoms with E-state index in [1.807, 2.05) is 24.3 Å². The summed E-state index contributed by atoms with van der Waals surface area (Å²) in [4.78, 5) is 12.8. The minimum absolute atomic E-state index is 0.0252. The van der Waals surface area contributed by atoms with Gasteiger partial charge >= 0.3 is 5.97 Å². The molecule has 3 aromatic rings. The van der Waals surface area contributed by atoms with Crippen molar-refractivity contribution in [2.45, 2.75) is 16.7 Å². The molecule has 1 N–H and O–H groups in total. The molecule has 0 unspecified atom stereocenters. The van der Waals surface area contributed by atoms with E-state index in [9.17, 15) is 13.2 Å². The Hall–Kier alpha value is -2.52. The Morgan fingerprint density at radius 3 is 2.25 bits per heavy atom. The predicted molar refractivity (Wildman–Crippen MR) is 126 cm³/mol. The Bertz CT molecular complexity index is 1180. The van der Waals surface area contributed by atoms with E-state index in [1.165, 1.54) is 31.0 Å². The average molecular weight is 492 g/mol. The summed E-state index contributed by atoms with van der Waals surface area (Å²) in [6.45, 7) is 1.95. The first kappa shape index (κ1) is 24.1. The van der Waals surface area contributed by atoms with Gasteiger partial charge in [0, 0.05) is 22.2 Å². The number of hydrogen-bond donors (Lipinski definition) is 1. The van der Waals surface area contributed by atoms with Crippen molar-refractivity contribution in [2.75, 3.05) is 19.4 Å². The summed E-state index contributed by atoms with van der Waals surface area (Å²) in [6.07, 6.45) is 0. The molecular weight excluding hydrogens is 470 g/mol. The highest BCUT2D eigenvalue weighted by molar-refractivity contribution is 7.99. The predicted octanol–water partition coefficient (Wildman–Crippen LogP) is 5.30. The molecule has 0 saturated carbocycles. The zero-order valence-electron chi connectivity index (χ0n) is 17.5. The van der Waals surface area contributed by atoms with E-state index in [-0.39, 0.29) is 17.0 Å². The van der Waals surface area contributed by atoms with Crippen molar-refractivity contribution in [3.8, 4) is 11.5 Å². The van der Waals surface area contributed by atoms with Gasteiger partial charge in [-0.15, -0.1) is 11.8 Å². The van der Waals surface area contributed by atoms with Gasteiger partial charge in [-0.2, -0.15) is 0 Å². The second-order valence-corrected chi connectivity index (χ2v) is 10.1. The standard InChI is InChI=1S/C23H22ClNO5S2/c1-16-3-12-21(15-22(16)23(26)29-2)32(27,28)25-13-14-31-20-10-8-19(9-11-20)30-18-6-4-17(24)5-7-18/h3-12,15,25H,13-14H2,1-2H3. The van der Waals surface area contributed by atoms with Crippen molar-refractivity contribution in [3.05, 3.63) is 82.9 Å². The lowest BCUT2D eigenvalue weighted by atomic mass is 10.1. The van der Waals surface area contributed by atoms with Crippen LogP contribution in [0.1, 0.15) is 15.9 Å². The molecule has 0 heterocycles. The molecule has 9 heteroatoms. The van der Waals surface area contributed by atoms with Crippen molar-refractivity contribution in [2.24, 2.45) is 0 Å². The first-order valence-electron chi connectivity index (χ1n) is 9.63. The van der Waals surface area contributed by atoms with E-state index in [2.05, 4.69) is 4.72 Å². The van der Waals surface area contributed by atoms with Crippen molar-refractivity contribution in [1.29, 1.82) is 0 Å². The van der Waals surface area contributed by atoms with Gasteiger partial charge in [0.25, 0.3) is 0 Å². The number of halogens is 1. The highest BCUT2D eigenvalue weighted by Gasteiger charge is 2.18. The van der Waals surface area contributed by atoms with Gasteiger partial charge < -0.3 is 9.47 Å². The fourth-order valence-corrected chi connectivity index (χ4v) is 4.85. The maximum absolute atomic E-state index is 12.6. The molecule has 0 aromatic heterocycles. The monoisotopic (exact) mass is 491 g/mol. The third-order valence-corrected chi connectivity index (χ3v) is 7.19. The third kappa shape index (κ3) is 6.49. The van der Waals surface area contributed by atoms with Crippen LogP contribution in [0.4, 0.5) is 0 Å². The van der Waals surface area contributed by atoms with Crippen LogP contribution in [-0.4, -0.2) is 33.8 Å². The summed E-state index contributed by atoms with van der Waals surface area (Å²) in [7, 11) is -2.48. The summed E-state index contributed by atoms with van der Waals surface area (Å²) in [5.74, 6) is 1.35. The fourth-order valence-electron chi connectivity index (χ4n) is 2.77. The number of methoxy groups -OCH3 is 1. The van der Waals surface area contributed by atoms with Crippen molar-refractivity contribution < 1.29 is 22.7 Å². The van der Waals surface area contributed by atoms with Gasteiger partial charge in [-0.05, 0) is 73.2 Å². The Labute approximate surface area is 196 Å². The van der Waals surface area contributed by atoms with Gasteiger partial charge in [0.15, 0.2) is 0 Å². The molecule has 0 saturated heterocycles. The molecule has 0 radical (unpaired) electrons. The van der Waals surface area contributed by atoms with Gasteiger partial charge in [0.1, 0.15) is 11.5 Å². The molecule has 0 atom stereocenters. The first-order valence-corrected chi connectivity index (χ1v) is 12.5. The lowest BCUT2D eigenvalue weighted by molar-refractivity contribution is 0.0599. The van der Waals surface area contributed by atoms with Crippen molar-refractivity contribution in [1.82, 2.24) is 4.72 Å². The molecule has 0 aliphatic heterocycles. The number of carbonyl (C=O) groups is 1. The molecule has 6 nitrogen and oxygen atoms in total. The normalized spacial score (nSPS) is 11.2. The zero-order valence-corrected chi connectivity index (χ0v) is 19.9. The second-order valence-electron chi connectivity index (χ2n) is 6.74. The van der Waals surface area contributed by atoms with E-state index in [0.717, 1.165) is 4.90 Å². The molecule has 3 aromatic carbocycles. The highest BCUT2D eigenvalue weighted by atomic mass is 35.5. The Morgan fingerprint density at radius 1 is 1.00 bits per heavy atom. The van der Waals surface area contributed by atoms with E-state index >= 15 is 0 Å². The van der Waals surface area contributed by atoms with Crippen LogP contribution >= 0.6 is 23.4 Å². The van der Waals surface area contributed by atoms with Crippen LogP contribution in [-0.2, 0) is 14.8 Å². The van der Waals surface area contributed by atoms with Crippen LogP contribution in [0.25, 0.3) is 0 Å². The van der Waals surface area contributed by atoms with E-state index < -0.39 is 16.0 Å². The third-order valence-electron chi connectivity index (χ3n) is 4.46. The number of hydrogen-bond acceptors (Lipinski definition) is 6. The molecule has 0 amide bonds. The van der Waals surface area contributed by atoms with Gasteiger partial charge in [0.2, 0.25) is 10.0 Å². The number of carbonyl (C=O) groups excluding carboxylic acids is 1. The molecule has 0 bridgehead atoms. The van der Waals surface area contributed by atoms with Crippen LogP contribution in [0.2, 0.25) is 5.02 Å². The number of benzene rings is 3. The number of sulfonamides is 1. The van der Waals surface area contributed by atoms with Crippen LogP contribution < -0.4 is 9.46 Å². The maximum Gasteiger partial charge on any atom is 0.338 e. The summed E-state index contributed by atoms with van der Waals surface area (Å²) < 4.78 is 38.1. The van der Waals surface area contributed by atoms with Crippen molar-refractivity contribution >= 4 is 39.4 Å². The van der Waals surface area contributed by atoms with Crippen molar-refractivity contribution in [3.63, 3.8) is 0 Å². The number of rotatable bonds is 9. The Kier molecular flexibility index (Phi) is 8.20. The lowest BCUT2D eigenvalue weighted by Gasteiger charge is -2.10. The number of thioether (sulfide) groups is 1. The Morgan fingerprint density at radius 2 is 1.62 bits per heavy atom. The lowest BCUT2D eigenvalue weighted by Crippen LogP contribution is -2.26. The second kappa shape index (κ2) is 10.9. The summed E-state index contributed by atoms with van der Waals surface area (Å²) in [5, 5.41) is 0.644. The first-order chi connectivity index (χ1) is 15.3. The molecule has 168 valence electrons. The van der Waals surface area contributed by atoms with E-state index in [1.54, 1.807) is 37.3 Å². The highest BCUT2D eigenvalue weighted by Crippen LogP contribution is 2.26. The molecular formula is C23H22ClNO5S2. The van der Waals surface area contributed by atoms with E-state index in [4.69, 9.17) is 21.1 Å². The zero-order chi connectivity index (χ0) is 23.1. The summed E-state index contributed by atoms with van der Waals surface area (Å²) >= 11 is 7.38. The molecule has 0 spiro atoms. The van der Waals surface area contributed by atoms with Crippen LogP contribution in [0, 0.1) is 6.92 Å². The molecule has 0 fully saturated rings. The smallest absolute Gasteiger partial charge is 0.338 e. The van der Waals surface area contributed by atoms with Gasteiger partial charge in [0.05, 0.1) is 17.6 Å². The maximum atomic E-state index is 12.6. The summed E-state index contributed by atoms with van der Waals surface area (Å²) in [6, 6.07) is 19.0. The number of nitrogens with one attached hydrogen (secondary N) is 1. The molecule has 3 rings (SSSR count). The van der Waals surface area contributed by atoms with Crippen LogP contribution in [0.15, 0.2) is 76.5 Å². The minimum atomic E-state index is -3.74. The van der Waals surface area contributed by atoms with Gasteiger partial charge in [-0.1, -0.05) is 17.7 Å². The quantitative estimate of drug-likeness (QED) is 0.248.